The molecule has 0 bridgehead atoms. The van der Waals surface area contributed by atoms with E-state index in [1.807, 2.05) is 30.3 Å². The minimum atomic E-state index is 0.555. The van der Waals surface area contributed by atoms with E-state index in [1.54, 1.807) is 17.8 Å². The quantitative estimate of drug-likeness (QED) is 0.476. The van der Waals surface area contributed by atoms with Crippen LogP contribution in [0.15, 0.2) is 53.7 Å². The molecule has 114 valence electrons. The normalized spacial score (nSPS) is 11.4. The third-order valence-corrected chi connectivity index (χ3v) is 4.91. The fourth-order valence-corrected chi connectivity index (χ4v) is 3.74. The summed E-state index contributed by atoms with van der Waals surface area (Å²) in [7, 11) is 0. The van der Waals surface area contributed by atoms with E-state index in [0.717, 1.165) is 38.5 Å². The number of aromatic amines is 1. The Hall–Kier alpha value is -1.75. The Morgan fingerprint density at radius 1 is 1.00 bits per heavy atom. The van der Waals surface area contributed by atoms with E-state index in [0.29, 0.717) is 10.0 Å². The Labute approximate surface area is 147 Å². The van der Waals surface area contributed by atoms with E-state index < -0.39 is 0 Å². The molecule has 0 atom stereocenters. The second-order valence-electron chi connectivity index (χ2n) is 5.11. The molecule has 0 saturated carbocycles. The van der Waals surface area contributed by atoms with Crippen LogP contribution in [0.3, 0.4) is 0 Å². The predicted octanol–water partition coefficient (Wildman–Crippen LogP) is 5.71. The van der Waals surface area contributed by atoms with Gasteiger partial charge in [0.2, 0.25) is 0 Å². The SMILES string of the molecule is Clc1cc(Cl)c2nc(SCc3ccc4ccccc4n3)[nH]c2c1. The van der Waals surface area contributed by atoms with Crippen molar-refractivity contribution in [1.82, 2.24) is 15.0 Å². The maximum absolute atomic E-state index is 6.17. The number of H-pyrrole nitrogens is 1. The molecule has 0 saturated heterocycles. The number of nitrogens with one attached hydrogen (secondary N) is 1. The zero-order chi connectivity index (χ0) is 15.8. The summed E-state index contributed by atoms with van der Waals surface area (Å²) in [4.78, 5) is 12.4. The molecule has 0 fully saturated rings. The molecular weight excluding hydrogens is 349 g/mol. The molecule has 0 aliphatic heterocycles. The van der Waals surface area contributed by atoms with E-state index in [1.165, 1.54) is 0 Å². The summed E-state index contributed by atoms with van der Waals surface area (Å²) in [6.45, 7) is 0. The third kappa shape index (κ3) is 3.02. The van der Waals surface area contributed by atoms with Crippen LogP contribution < -0.4 is 0 Å². The second kappa shape index (κ2) is 6.04. The number of halogens is 2. The number of nitrogens with zero attached hydrogens (tertiary/aromatic N) is 2. The van der Waals surface area contributed by atoms with Crippen molar-refractivity contribution >= 4 is 56.9 Å². The van der Waals surface area contributed by atoms with Gasteiger partial charge in [0, 0.05) is 16.2 Å². The maximum atomic E-state index is 6.17. The first-order valence-electron chi connectivity index (χ1n) is 7.01. The molecule has 0 spiro atoms. The summed E-state index contributed by atoms with van der Waals surface area (Å²) >= 11 is 13.8. The molecule has 6 heteroatoms. The molecule has 0 radical (unpaired) electrons. The molecule has 0 unspecified atom stereocenters. The van der Waals surface area contributed by atoms with Crippen molar-refractivity contribution < 1.29 is 0 Å². The van der Waals surface area contributed by atoms with Crippen LogP contribution in [0.4, 0.5) is 0 Å². The first-order valence-corrected chi connectivity index (χ1v) is 8.75. The number of fused-ring (bicyclic) bond motifs is 2. The summed E-state index contributed by atoms with van der Waals surface area (Å²) < 4.78 is 0. The summed E-state index contributed by atoms with van der Waals surface area (Å²) in [5.41, 5.74) is 3.60. The predicted molar refractivity (Wildman–Crippen MR) is 97.4 cm³/mol. The van der Waals surface area contributed by atoms with Gasteiger partial charge in [-0.1, -0.05) is 59.2 Å². The lowest BCUT2D eigenvalue weighted by molar-refractivity contribution is 1.07. The number of hydrogen-bond donors (Lipinski definition) is 1. The number of thioether (sulfide) groups is 1. The first kappa shape index (κ1) is 14.8. The molecule has 0 aliphatic carbocycles. The molecule has 4 rings (SSSR count). The molecule has 1 N–H and O–H groups in total. The van der Waals surface area contributed by atoms with Gasteiger partial charge in [-0.3, -0.25) is 4.98 Å². The largest absolute Gasteiger partial charge is 0.333 e. The topological polar surface area (TPSA) is 41.6 Å². The van der Waals surface area contributed by atoms with Gasteiger partial charge in [0.1, 0.15) is 5.52 Å². The third-order valence-electron chi connectivity index (χ3n) is 3.50. The minimum absolute atomic E-state index is 0.555. The van der Waals surface area contributed by atoms with Gasteiger partial charge in [0.05, 0.1) is 21.7 Å². The van der Waals surface area contributed by atoms with Crippen LogP contribution in [0.5, 0.6) is 0 Å². The summed E-state index contributed by atoms with van der Waals surface area (Å²) in [5, 5.41) is 3.10. The Bertz CT molecular complexity index is 1010. The summed E-state index contributed by atoms with van der Waals surface area (Å²) in [6, 6.07) is 15.8. The molecule has 2 heterocycles. The highest BCUT2D eigenvalue weighted by molar-refractivity contribution is 7.98. The van der Waals surface area contributed by atoms with Crippen molar-refractivity contribution in [2.24, 2.45) is 0 Å². The first-order chi connectivity index (χ1) is 11.2. The van der Waals surface area contributed by atoms with E-state index in [2.05, 4.69) is 27.1 Å². The number of imidazole rings is 1. The van der Waals surface area contributed by atoms with Crippen molar-refractivity contribution in [2.45, 2.75) is 10.9 Å². The van der Waals surface area contributed by atoms with Gasteiger partial charge in [0.15, 0.2) is 5.16 Å². The van der Waals surface area contributed by atoms with Gasteiger partial charge in [-0.15, -0.1) is 0 Å². The fourth-order valence-electron chi connectivity index (χ4n) is 2.42. The van der Waals surface area contributed by atoms with Crippen LogP contribution in [0.2, 0.25) is 10.0 Å². The Morgan fingerprint density at radius 2 is 1.87 bits per heavy atom. The molecule has 2 aromatic carbocycles. The lowest BCUT2D eigenvalue weighted by atomic mass is 10.2. The lowest BCUT2D eigenvalue weighted by Crippen LogP contribution is -1.88. The van der Waals surface area contributed by atoms with Gasteiger partial charge in [0.25, 0.3) is 0 Å². The Kier molecular flexibility index (Phi) is 3.89. The fraction of sp³-hybridized carbons (Fsp3) is 0.0588. The van der Waals surface area contributed by atoms with Crippen molar-refractivity contribution in [3.8, 4) is 0 Å². The number of hydrogen-bond acceptors (Lipinski definition) is 3. The van der Waals surface area contributed by atoms with Crippen molar-refractivity contribution in [3.63, 3.8) is 0 Å². The highest BCUT2D eigenvalue weighted by Gasteiger charge is 2.09. The number of aromatic nitrogens is 3. The molecule has 3 nitrogen and oxygen atoms in total. The van der Waals surface area contributed by atoms with Crippen LogP contribution in [-0.2, 0) is 5.75 Å². The van der Waals surface area contributed by atoms with E-state index in [9.17, 15) is 0 Å². The average molecular weight is 360 g/mol. The maximum Gasteiger partial charge on any atom is 0.166 e. The molecule has 2 aromatic heterocycles. The smallest absolute Gasteiger partial charge is 0.166 e. The highest BCUT2D eigenvalue weighted by Crippen LogP contribution is 2.29. The van der Waals surface area contributed by atoms with Crippen molar-refractivity contribution in [1.29, 1.82) is 0 Å². The zero-order valence-electron chi connectivity index (χ0n) is 11.9. The molecule has 4 aromatic rings. The monoisotopic (exact) mass is 359 g/mol. The Morgan fingerprint density at radius 3 is 2.78 bits per heavy atom. The van der Waals surface area contributed by atoms with E-state index >= 15 is 0 Å². The van der Waals surface area contributed by atoms with Crippen LogP contribution in [-0.4, -0.2) is 15.0 Å². The zero-order valence-corrected chi connectivity index (χ0v) is 14.2. The molecular formula is C17H11Cl2N3S. The molecule has 0 amide bonds. The van der Waals surface area contributed by atoms with Gasteiger partial charge >= 0.3 is 0 Å². The summed E-state index contributed by atoms with van der Waals surface area (Å²) in [6.07, 6.45) is 0. The lowest BCUT2D eigenvalue weighted by Gasteiger charge is -2.01. The van der Waals surface area contributed by atoms with E-state index in [-0.39, 0.29) is 0 Å². The van der Waals surface area contributed by atoms with Gasteiger partial charge in [-0.2, -0.15) is 0 Å². The average Bonchev–Trinajstić information content (AvgIpc) is 2.96. The van der Waals surface area contributed by atoms with Gasteiger partial charge < -0.3 is 4.98 Å². The number of benzene rings is 2. The van der Waals surface area contributed by atoms with Crippen molar-refractivity contribution in [2.75, 3.05) is 0 Å². The van der Waals surface area contributed by atoms with Gasteiger partial charge in [-0.25, -0.2) is 4.98 Å². The molecule has 23 heavy (non-hydrogen) atoms. The van der Waals surface area contributed by atoms with E-state index in [4.69, 9.17) is 23.2 Å². The standard InChI is InChI=1S/C17H11Cl2N3S/c18-11-7-13(19)16-15(8-11)21-17(22-16)23-9-12-6-5-10-3-1-2-4-14(10)20-12/h1-8H,9H2,(H,21,22). The van der Waals surface area contributed by atoms with Crippen LogP contribution in [0, 0.1) is 0 Å². The number of pyridine rings is 1. The second-order valence-corrected chi connectivity index (χ2v) is 6.92. The number of rotatable bonds is 3. The van der Waals surface area contributed by atoms with Crippen molar-refractivity contribution in [3.05, 3.63) is 64.3 Å². The number of para-hydroxylation sites is 1. The Balaban J connectivity index is 1.59. The summed E-state index contributed by atoms with van der Waals surface area (Å²) in [5.74, 6) is 0.732. The molecule has 0 aliphatic rings. The van der Waals surface area contributed by atoms with Crippen LogP contribution in [0.25, 0.3) is 21.9 Å². The van der Waals surface area contributed by atoms with Crippen LogP contribution >= 0.6 is 35.0 Å². The van der Waals surface area contributed by atoms with Crippen LogP contribution in [0.1, 0.15) is 5.69 Å². The minimum Gasteiger partial charge on any atom is -0.333 e. The highest BCUT2D eigenvalue weighted by atomic mass is 35.5. The van der Waals surface area contributed by atoms with Gasteiger partial charge in [-0.05, 0) is 24.3 Å².